The number of carbonyl (C=O) groups is 3. The van der Waals surface area contributed by atoms with Crippen molar-refractivity contribution in [3.8, 4) is 0 Å². The molecule has 1 heterocycles. The molecule has 6 nitrogen and oxygen atoms in total. The molecule has 0 fully saturated rings. The fourth-order valence-corrected chi connectivity index (χ4v) is 2.90. The third-order valence-corrected chi connectivity index (χ3v) is 4.46. The Labute approximate surface area is 155 Å². The number of thiophene rings is 1. The van der Waals surface area contributed by atoms with Gasteiger partial charge in [-0.1, -0.05) is 17.8 Å². The predicted octanol–water partition coefficient (Wildman–Crippen LogP) is 2.97. The van der Waals surface area contributed by atoms with Crippen LogP contribution in [-0.2, 0) is 14.3 Å². The van der Waals surface area contributed by atoms with Gasteiger partial charge in [0.1, 0.15) is 6.54 Å². The molecule has 0 spiro atoms. The fraction of sp³-hybridized carbons (Fsp3) is 0.188. The molecule has 0 saturated carbocycles. The molecule has 2 rings (SSSR count). The number of rotatable bonds is 8. The number of benzene rings is 1. The molecule has 1 aromatic heterocycles. The number of hydrogen-bond acceptors (Lipinski definition) is 6. The Morgan fingerprint density at radius 2 is 1.88 bits per heavy atom. The first kappa shape index (κ1) is 19.9. The predicted molar refractivity (Wildman–Crippen MR) is 94.5 cm³/mol. The Hall–Kier alpha value is -2.46. The van der Waals surface area contributed by atoms with E-state index in [-0.39, 0.29) is 6.54 Å². The van der Waals surface area contributed by atoms with Crippen LogP contribution in [0.3, 0.4) is 0 Å². The van der Waals surface area contributed by atoms with E-state index >= 15 is 0 Å². The van der Waals surface area contributed by atoms with Crippen molar-refractivity contribution >= 4 is 46.6 Å². The summed E-state index contributed by atoms with van der Waals surface area (Å²) in [6.07, 6.45) is 0. The Morgan fingerprint density at radius 3 is 2.50 bits per heavy atom. The molecule has 0 aliphatic rings. The van der Waals surface area contributed by atoms with Gasteiger partial charge in [-0.2, -0.15) is 8.78 Å². The lowest BCUT2D eigenvalue weighted by atomic mass is 10.3. The molecule has 0 aliphatic heterocycles. The van der Waals surface area contributed by atoms with E-state index in [0.29, 0.717) is 27.2 Å². The largest absolute Gasteiger partial charge is 0.454 e. The minimum Gasteiger partial charge on any atom is -0.454 e. The molecule has 10 heteroatoms. The monoisotopic (exact) mass is 400 g/mol. The molecule has 0 saturated heterocycles. The van der Waals surface area contributed by atoms with Gasteiger partial charge in [-0.25, -0.2) is 0 Å². The number of carbonyl (C=O) groups excluding carboxylic acids is 3. The van der Waals surface area contributed by atoms with Crippen molar-refractivity contribution in [2.45, 2.75) is 10.7 Å². The van der Waals surface area contributed by atoms with Gasteiger partial charge in [0.05, 0.1) is 4.88 Å². The summed E-state index contributed by atoms with van der Waals surface area (Å²) in [4.78, 5) is 35.7. The molecule has 138 valence electrons. The molecule has 2 aromatic rings. The number of ether oxygens (including phenoxy) is 1. The first-order valence-corrected chi connectivity index (χ1v) is 9.02. The van der Waals surface area contributed by atoms with Gasteiger partial charge in [-0.05, 0) is 35.7 Å². The molecular weight excluding hydrogens is 386 g/mol. The maximum atomic E-state index is 12.2. The third kappa shape index (κ3) is 6.81. The van der Waals surface area contributed by atoms with E-state index in [2.05, 4.69) is 10.6 Å². The summed E-state index contributed by atoms with van der Waals surface area (Å²) in [5, 5.41) is 6.58. The van der Waals surface area contributed by atoms with Crippen molar-refractivity contribution < 1.29 is 27.9 Å². The number of alkyl halides is 2. The summed E-state index contributed by atoms with van der Waals surface area (Å²) in [5.74, 6) is -4.26. The second-order valence-corrected chi connectivity index (χ2v) is 6.78. The zero-order valence-electron chi connectivity index (χ0n) is 13.2. The van der Waals surface area contributed by atoms with Crippen LogP contribution in [0, 0.1) is 0 Å². The van der Waals surface area contributed by atoms with Gasteiger partial charge in [0.2, 0.25) is 0 Å². The highest BCUT2D eigenvalue weighted by molar-refractivity contribution is 7.99. The van der Waals surface area contributed by atoms with E-state index in [1.807, 2.05) is 0 Å². The van der Waals surface area contributed by atoms with Crippen LogP contribution >= 0.6 is 23.1 Å². The molecule has 26 heavy (non-hydrogen) atoms. The molecule has 1 aromatic carbocycles. The second-order valence-electron chi connectivity index (χ2n) is 4.77. The molecule has 0 unspecified atom stereocenters. The summed E-state index contributed by atoms with van der Waals surface area (Å²) in [7, 11) is 0. The van der Waals surface area contributed by atoms with E-state index in [4.69, 9.17) is 4.74 Å². The second kappa shape index (κ2) is 9.88. The quantitative estimate of drug-likeness (QED) is 0.526. The van der Waals surface area contributed by atoms with Crippen molar-refractivity contribution in [2.75, 3.05) is 18.5 Å². The van der Waals surface area contributed by atoms with Crippen molar-refractivity contribution in [3.05, 3.63) is 46.7 Å². The zero-order valence-corrected chi connectivity index (χ0v) is 14.9. The number of anilines is 1. The van der Waals surface area contributed by atoms with Gasteiger partial charge in [0, 0.05) is 10.6 Å². The summed E-state index contributed by atoms with van der Waals surface area (Å²) in [5.41, 5.74) is 0.385. The lowest BCUT2D eigenvalue weighted by Gasteiger charge is -2.08. The standard InChI is InChI=1S/C16H14F2N2O4S2/c17-16(18)26-11-5-3-10(4-6-11)20-13(21)9-24-14(22)8-19-15(23)12-2-1-7-25-12/h1-7,16H,8-9H2,(H,19,23)(H,20,21). The highest BCUT2D eigenvalue weighted by Crippen LogP contribution is 2.26. The summed E-state index contributed by atoms with van der Waals surface area (Å²) >= 11 is 1.63. The number of amides is 2. The van der Waals surface area contributed by atoms with Gasteiger partial charge >= 0.3 is 5.97 Å². The lowest BCUT2D eigenvalue weighted by molar-refractivity contribution is -0.146. The van der Waals surface area contributed by atoms with Gasteiger partial charge in [0.25, 0.3) is 17.6 Å². The number of thioether (sulfide) groups is 1. The van der Waals surface area contributed by atoms with Crippen LogP contribution in [0.1, 0.15) is 9.67 Å². The Kier molecular flexibility index (Phi) is 7.54. The summed E-state index contributed by atoms with van der Waals surface area (Å²) < 4.78 is 29.2. The van der Waals surface area contributed by atoms with E-state index in [0.717, 1.165) is 0 Å². The van der Waals surface area contributed by atoms with Crippen molar-refractivity contribution in [1.29, 1.82) is 0 Å². The molecule has 0 radical (unpaired) electrons. The van der Waals surface area contributed by atoms with E-state index in [1.165, 1.54) is 35.6 Å². The van der Waals surface area contributed by atoms with Gasteiger partial charge in [0.15, 0.2) is 6.61 Å². The van der Waals surface area contributed by atoms with Crippen LogP contribution in [0.25, 0.3) is 0 Å². The van der Waals surface area contributed by atoms with Crippen LogP contribution < -0.4 is 10.6 Å². The van der Waals surface area contributed by atoms with E-state index in [9.17, 15) is 23.2 Å². The number of hydrogen-bond donors (Lipinski definition) is 2. The minimum absolute atomic E-state index is 0.358. The third-order valence-electron chi connectivity index (χ3n) is 2.87. The number of esters is 1. The first-order valence-electron chi connectivity index (χ1n) is 7.26. The highest BCUT2D eigenvalue weighted by atomic mass is 32.2. The first-order chi connectivity index (χ1) is 12.4. The molecule has 2 amide bonds. The molecule has 0 atom stereocenters. The van der Waals surface area contributed by atoms with Crippen molar-refractivity contribution in [3.63, 3.8) is 0 Å². The maximum absolute atomic E-state index is 12.2. The maximum Gasteiger partial charge on any atom is 0.325 e. The molecular formula is C16H14F2N2O4S2. The number of halogens is 2. The van der Waals surface area contributed by atoms with Gasteiger partial charge in [-0.15, -0.1) is 11.3 Å². The number of nitrogens with one attached hydrogen (secondary N) is 2. The van der Waals surface area contributed by atoms with Crippen LogP contribution in [0.4, 0.5) is 14.5 Å². The van der Waals surface area contributed by atoms with Crippen molar-refractivity contribution in [2.24, 2.45) is 0 Å². The van der Waals surface area contributed by atoms with Crippen LogP contribution in [-0.4, -0.2) is 36.7 Å². The van der Waals surface area contributed by atoms with Gasteiger partial charge < -0.3 is 15.4 Å². The van der Waals surface area contributed by atoms with E-state index in [1.54, 1.807) is 17.5 Å². The van der Waals surface area contributed by atoms with Gasteiger partial charge in [-0.3, -0.25) is 14.4 Å². The van der Waals surface area contributed by atoms with Crippen LogP contribution in [0.2, 0.25) is 0 Å². The van der Waals surface area contributed by atoms with Crippen molar-refractivity contribution in [1.82, 2.24) is 5.32 Å². The van der Waals surface area contributed by atoms with E-state index < -0.39 is 30.1 Å². The smallest absolute Gasteiger partial charge is 0.325 e. The lowest BCUT2D eigenvalue weighted by Crippen LogP contribution is -2.31. The van der Waals surface area contributed by atoms with Crippen LogP contribution in [0.5, 0.6) is 0 Å². The normalized spacial score (nSPS) is 10.4. The zero-order chi connectivity index (χ0) is 18.9. The Balaban J connectivity index is 1.69. The SMILES string of the molecule is O=C(COC(=O)CNC(=O)c1cccs1)Nc1ccc(SC(F)F)cc1. The summed E-state index contributed by atoms with van der Waals surface area (Å²) in [6, 6.07) is 9.14. The molecule has 2 N–H and O–H groups in total. The average Bonchev–Trinajstić information content (AvgIpc) is 3.14. The topological polar surface area (TPSA) is 84.5 Å². The highest BCUT2D eigenvalue weighted by Gasteiger charge is 2.12. The van der Waals surface area contributed by atoms with Crippen LogP contribution in [0.15, 0.2) is 46.7 Å². The Bertz CT molecular complexity index is 752. The summed E-state index contributed by atoms with van der Waals surface area (Å²) in [6.45, 7) is -0.884. The minimum atomic E-state index is -2.52. The Morgan fingerprint density at radius 1 is 1.15 bits per heavy atom. The molecule has 0 aliphatic carbocycles. The fourth-order valence-electron chi connectivity index (χ4n) is 1.76. The molecule has 0 bridgehead atoms. The average molecular weight is 400 g/mol.